The number of carbonyl (C=O) groups is 1. The fourth-order valence-electron chi connectivity index (χ4n) is 2.46. The summed E-state index contributed by atoms with van der Waals surface area (Å²) in [5, 5.41) is 25.9. The van der Waals surface area contributed by atoms with Gasteiger partial charge in [0.2, 0.25) is 0 Å². The maximum Gasteiger partial charge on any atom is 2.00 e. The molecule has 2 fully saturated rings. The first-order valence-electron chi connectivity index (χ1n) is 8.63. The van der Waals surface area contributed by atoms with Crippen molar-refractivity contribution in [1.82, 2.24) is 0 Å². The molecule has 2 rings (SSSR count). The molecule has 1 radical (unpaired) electrons. The number of nitrogens with zero attached hydrogens (tertiary/aromatic N) is 4. The molecule has 2 aliphatic rings. The summed E-state index contributed by atoms with van der Waals surface area (Å²) in [5.41, 5.74) is 6.43. The Bertz CT molecular complexity index is 289. The Morgan fingerprint density at radius 3 is 1.83 bits per heavy atom. The van der Waals surface area contributed by atoms with Gasteiger partial charge in [0.05, 0.1) is 0 Å². The van der Waals surface area contributed by atoms with Crippen LogP contribution in [0.25, 0.3) is 27.0 Å². The van der Waals surface area contributed by atoms with Crippen LogP contribution in [0.15, 0.2) is 0 Å². The first-order valence-corrected chi connectivity index (χ1v) is 8.63. The average Bonchev–Trinajstić information content (AvgIpc) is 3.20. The smallest absolute Gasteiger partial charge is 0.666 e. The number of hydrogen-bond donors (Lipinski definition) is 1. The Balaban J connectivity index is 0.000000655. The zero-order valence-electron chi connectivity index (χ0n) is 14.5. The van der Waals surface area contributed by atoms with Gasteiger partial charge in [-0.2, -0.15) is 38.3 Å². The number of rotatable bonds is 9. The van der Waals surface area contributed by atoms with Crippen molar-refractivity contribution in [1.29, 1.82) is 0 Å². The van der Waals surface area contributed by atoms with Crippen LogP contribution in [0.4, 0.5) is 0 Å². The second-order valence-electron chi connectivity index (χ2n) is 6.08. The molecular weight excluding hydrogens is 353 g/mol. The van der Waals surface area contributed by atoms with Crippen molar-refractivity contribution in [2.75, 3.05) is 39.3 Å². The van der Waals surface area contributed by atoms with E-state index in [4.69, 9.17) is 10.8 Å². The third-order valence-corrected chi connectivity index (χ3v) is 3.85. The van der Waals surface area contributed by atoms with E-state index in [1.54, 1.807) is 0 Å². The van der Waals surface area contributed by atoms with Gasteiger partial charge < -0.3 is 32.1 Å². The molecule has 2 heterocycles. The van der Waals surface area contributed by atoms with Crippen LogP contribution in [0.3, 0.4) is 0 Å². The Kier molecular flexibility index (Phi) is 14.9. The predicted molar refractivity (Wildman–Crippen MR) is 94.7 cm³/mol. The fourth-order valence-corrected chi connectivity index (χ4v) is 2.46. The van der Waals surface area contributed by atoms with Gasteiger partial charge in [0.25, 0.3) is 5.97 Å². The van der Waals surface area contributed by atoms with Crippen molar-refractivity contribution in [3.63, 3.8) is 0 Å². The maximum atomic E-state index is 9.51. The molecule has 3 unspecified atom stereocenters. The van der Waals surface area contributed by atoms with E-state index in [0.29, 0.717) is 12.1 Å². The summed E-state index contributed by atoms with van der Waals surface area (Å²) in [4.78, 5) is 9.51. The van der Waals surface area contributed by atoms with Crippen molar-refractivity contribution >= 4 is 5.97 Å². The minimum absolute atomic E-state index is 0. The largest absolute Gasteiger partial charge is 2.00 e. The molecule has 2 saturated heterocycles. The summed E-state index contributed by atoms with van der Waals surface area (Å²) >= 11 is 0. The summed E-state index contributed by atoms with van der Waals surface area (Å²) < 4.78 is 0. The van der Waals surface area contributed by atoms with Gasteiger partial charge in [-0.1, -0.05) is 39.0 Å². The molecule has 8 heteroatoms. The zero-order valence-corrected chi connectivity index (χ0v) is 15.5. The van der Waals surface area contributed by atoms with Crippen LogP contribution in [-0.2, 0) is 21.6 Å². The summed E-state index contributed by atoms with van der Waals surface area (Å²) in [6.07, 6.45) is 6.12. The Morgan fingerprint density at radius 1 is 1.12 bits per heavy atom. The molecule has 143 valence electrons. The molecule has 0 bridgehead atoms. The number of nitrogens with one attached hydrogen (secondary N) is 1. The molecule has 7 nitrogen and oxygen atoms in total. The summed E-state index contributed by atoms with van der Waals surface area (Å²) in [6, 6.07) is 0.0819. The van der Waals surface area contributed by atoms with E-state index in [1.165, 1.54) is 32.6 Å². The van der Waals surface area contributed by atoms with Gasteiger partial charge in [-0.05, 0) is 6.04 Å². The van der Waals surface area contributed by atoms with Crippen LogP contribution >= 0.6 is 0 Å². The first-order chi connectivity index (χ1) is 11.1. The van der Waals surface area contributed by atoms with Crippen molar-refractivity contribution in [3.05, 3.63) is 27.0 Å². The molecule has 0 aromatic rings. The summed E-state index contributed by atoms with van der Waals surface area (Å²) in [5.74, 6) is -1.07. The second-order valence-corrected chi connectivity index (χ2v) is 6.08. The third-order valence-electron chi connectivity index (χ3n) is 3.85. The van der Waals surface area contributed by atoms with Crippen LogP contribution in [0.5, 0.6) is 0 Å². The van der Waals surface area contributed by atoms with Crippen LogP contribution in [0, 0.1) is 0 Å². The van der Waals surface area contributed by atoms with E-state index in [1.807, 2.05) is 0 Å². The van der Waals surface area contributed by atoms with Gasteiger partial charge in [0.15, 0.2) is 0 Å². The molecule has 0 saturated carbocycles. The molecule has 3 atom stereocenters. The fraction of sp³-hybridized carbons (Fsp3) is 0.938. The van der Waals surface area contributed by atoms with Gasteiger partial charge in [0, 0.05) is 0 Å². The normalized spacial score (nSPS) is 23.9. The van der Waals surface area contributed by atoms with Crippen LogP contribution in [-0.4, -0.2) is 68.5 Å². The van der Waals surface area contributed by atoms with E-state index >= 15 is 0 Å². The summed E-state index contributed by atoms with van der Waals surface area (Å²) in [6.45, 7) is 7.22. The van der Waals surface area contributed by atoms with Crippen molar-refractivity contribution in [2.45, 2.75) is 57.2 Å². The monoisotopic (exact) mass is 383 g/mol. The topological polar surface area (TPSA) is 118 Å². The Morgan fingerprint density at radius 2 is 1.54 bits per heavy atom. The Labute approximate surface area is 156 Å². The van der Waals surface area contributed by atoms with E-state index < -0.39 is 12.0 Å². The molecule has 0 amide bonds. The van der Waals surface area contributed by atoms with Gasteiger partial charge in [-0.3, -0.25) is 4.79 Å². The molecule has 0 aromatic carbocycles. The Hall–Kier alpha value is -0.224. The summed E-state index contributed by atoms with van der Waals surface area (Å²) in [7, 11) is 0. The molecule has 0 aromatic heterocycles. The van der Waals surface area contributed by atoms with Crippen LogP contribution in [0.1, 0.15) is 39.0 Å². The minimum atomic E-state index is -1.07. The van der Waals surface area contributed by atoms with Gasteiger partial charge in [0.1, 0.15) is 0 Å². The van der Waals surface area contributed by atoms with E-state index in [2.05, 4.69) is 21.3 Å². The number of carboxylic acid groups (broad SMARTS) is 1. The molecule has 0 spiro atoms. The van der Waals surface area contributed by atoms with Crippen LogP contribution < -0.4 is 0 Å². The zero-order chi connectivity index (χ0) is 16.9. The van der Waals surface area contributed by atoms with Crippen molar-refractivity contribution < 1.29 is 26.7 Å². The average molecular weight is 383 g/mol. The van der Waals surface area contributed by atoms with Gasteiger partial charge in [-0.25, -0.2) is 0 Å². The maximum absolute atomic E-state index is 9.51. The van der Waals surface area contributed by atoms with E-state index in [9.17, 15) is 4.79 Å². The SMILES string of the molecule is C(C[N-]CC1CCC[N-]1)C[N-]CC1CCC[N-]1.CC([NH-])C(=O)O.[Co+2]. The number of hydrogen-bond acceptors (Lipinski definition) is 1. The minimum Gasteiger partial charge on any atom is -0.666 e. The molecular formula is C16H30CoN5O2-3. The van der Waals surface area contributed by atoms with E-state index in [0.717, 1.165) is 45.7 Å². The van der Waals surface area contributed by atoms with Gasteiger partial charge >= 0.3 is 16.8 Å². The molecule has 2 N–H and O–H groups in total. The quantitative estimate of drug-likeness (QED) is 0.611. The van der Waals surface area contributed by atoms with E-state index in [-0.39, 0.29) is 16.8 Å². The van der Waals surface area contributed by atoms with Gasteiger partial charge in [-0.15, -0.1) is 13.1 Å². The second kappa shape index (κ2) is 15.1. The van der Waals surface area contributed by atoms with Crippen molar-refractivity contribution in [2.24, 2.45) is 0 Å². The first kappa shape index (κ1) is 23.8. The standard InChI is InChI=1S/C13H24N4.C3H6NO2.Co/c1-4-12(16-8-1)10-14-6-3-7-15-11-13-5-2-9-17-13;1-2(4)3(5)6;/h12-13H,1-11H2;2,4H,1H3,(H,5,6);/q-4;-1;+2. The molecule has 0 aliphatic carbocycles. The predicted octanol–water partition coefficient (Wildman–Crippen LogP) is 3.71. The van der Waals surface area contributed by atoms with Crippen molar-refractivity contribution in [3.8, 4) is 0 Å². The number of carboxylic acids is 1. The number of aliphatic carboxylic acids is 1. The molecule has 24 heavy (non-hydrogen) atoms. The third kappa shape index (κ3) is 12.2. The van der Waals surface area contributed by atoms with Crippen LogP contribution in [0.2, 0.25) is 0 Å². The molecule has 2 aliphatic heterocycles.